The third kappa shape index (κ3) is 9.01. The molecule has 94 heavy (non-hydrogen) atoms. The van der Waals surface area contributed by atoms with E-state index in [2.05, 4.69) is 337 Å². The smallest absolute Gasteiger partial charge is 0.0727 e. The molecule has 0 aliphatic carbocycles. The summed E-state index contributed by atoms with van der Waals surface area (Å²) in [6, 6.07) is 120. The Morgan fingerprint density at radius 2 is 0.585 bits per heavy atom. The zero-order valence-corrected chi connectivity index (χ0v) is 54.0. The Labute approximate surface area is 558 Å². The topological polar surface area (TPSA) is 9.86 Å². The number of benzene rings is 14. The monoisotopic (exact) mass is 1270 g/mol. The van der Waals surface area contributed by atoms with Crippen LogP contribution in [0.1, 0.15) is 0 Å². The molecule has 14 aromatic carbocycles. The molecule has 6 aromatic heterocycles. The van der Waals surface area contributed by atoms with Crippen molar-refractivity contribution >= 4 is 148 Å². The van der Waals surface area contributed by atoms with Crippen LogP contribution in [0.3, 0.4) is 0 Å². The van der Waals surface area contributed by atoms with Gasteiger partial charge in [-0.15, -0.1) is 45.3 Å². The van der Waals surface area contributed by atoms with Crippen molar-refractivity contribution in [1.29, 1.82) is 0 Å². The third-order valence-corrected chi connectivity index (χ3v) is 23.6. The van der Waals surface area contributed by atoms with Crippen LogP contribution in [-0.4, -0.2) is 9.13 Å². The molecule has 6 heterocycles. The molecule has 0 aliphatic heterocycles. The number of thiophene rings is 4. The molecule has 20 rings (SSSR count). The van der Waals surface area contributed by atoms with E-state index in [1.807, 2.05) is 45.3 Å². The molecular weight excluding hydrogens is 1210 g/mol. The van der Waals surface area contributed by atoms with Crippen LogP contribution in [0.15, 0.2) is 328 Å². The van der Waals surface area contributed by atoms with E-state index in [1.54, 1.807) is 0 Å². The van der Waals surface area contributed by atoms with E-state index < -0.39 is 0 Å². The van der Waals surface area contributed by atoms with Gasteiger partial charge < -0.3 is 9.13 Å². The predicted molar refractivity (Wildman–Crippen MR) is 411 cm³/mol. The van der Waals surface area contributed by atoms with E-state index in [0.29, 0.717) is 0 Å². The lowest BCUT2D eigenvalue weighted by molar-refractivity contribution is 1.19. The largest absolute Gasteiger partial charge is 0.308 e. The van der Waals surface area contributed by atoms with Gasteiger partial charge in [-0.2, -0.15) is 0 Å². The standard InChI is InChI=1S/2C44H27NS2/c1-3-11-28(12-4-1)32-25-37(43-38(26-32)34-15-8-10-18-40(34)46-43)30-21-19-29(20-22-30)31-23-24-36-41(27-31)47-44-35-16-7-9-17-39(35)45(42(36)44)33-13-5-2-6-14-33;1-3-11-29(12-4-1)34-17-9-18-37-41-33(16-10-20-39(41)46-43(34)37)30-23-21-28(22-24-30)31-25-26-36-40(27-31)47-44-35-15-7-8-19-38(35)45(42(36)44)32-13-5-2-6-14-32/h2*1-27H. The Morgan fingerprint density at radius 3 is 1.17 bits per heavy atom. The highest BCUT2D eigenvalue weighted by Gasteiger charge is 2.22. The molecule has 0 fully saturated rings. The minimum absolute atomic E-state index is 1.20. The van der Waals surface area contributed by atoms with Crippen LogP contribution in [0, 0.1) is 0 Å². The molecule has 0 spiro atoms. The van der Waals surface area contributed by atoms with E-state index in [1.165, 1.54) is 181 Å². The Kier molecular flexibility index (Phi) is 13.1. The summed E-state index contributed by atoms with van der Waals surface area (Å²) in [5.74, 6) is 0. The number of aromatic nitrogens is 2. The zero-order valence-electron chi connectivity index (χ0n) is 50.7. The van der Waals surface area contributed by atoms with Crippen LogP contribution in [0.25, 0.3) is 181 Å². The second-order valence-electron chi connectivity index (χ2n) is 24.2. The highest BCUT2D eigenvalue weighted by atomic mass is 32.1. The van der Waals surface area contributed by atoms with Gasteiger partial charge in [0.1, 0.15) is 0 Å². The zero-order chi connectivity index (χ0) is 61.8. The van der Waals surface area contributed by atoms with E-state index in [9.17, 15) is 0 Å². The fourth-order valence-corrected chi connectivity index (χ4v) is 19.4. The van der Waals surface area contributed by atoms with Crippen LogP contribution >= 0.6 is 45.3 Å². The van der Waals surface area contributed by atoms with E-state index in [-0.39, 0.29) is 0 Å². The van der Waals surface area contributed by atoms with Gasteiger partial charge in [0.05, 0.1) is 31.5 Å². The second-order valence-corrected chi connectivity index (χ2v) is 28.4. The minimum atomic E-state index is 1.20. The second kappa shape index (κ2) is 22.4. The van der Waals surface area contributed by atoms with Gasteiger partial charge in [0.25, 0.3) is 0 Å². The summed E-state index contributed by atoms with van der Waals surface area (Å²) in [6.07, 6.45) is 0. The lowest BCUT2D eigenvalue weighted by Crippen LogP contribution is -1.92. The van der Waals surface area contributed by atoms with Crippen LogP contribution < -0.4 is 0 Å². The van der Waals surface area contributed by atoms with Crippen molar-refractivity contribution in [3.63, 3.8) is 0 Å². The Hall–Kier alpha value is -11.0. The molecule has 0 bridgehead atoms. The van der Waals surface area contributed by atoms with Crippen molar-refractivity contribution in [3.8, 4) is 78.1 Å². The van der Waals surface area contributed by atoms with Crippen molar-refractivity contribution in [2.75, 3.05) is 0 Å². The predicted octanol–water partition coefficient (Wildman–Crippen LogP) is 26.7. The van der Waals surface area contributed by atoms with Crippen molar-refractivity contribution in [2.24, 2.45) is 0 Å². The number of nitrogens with zero attached hydrogens (tertiary/aromatic N) is 2. The van der Waals surface area contributed by atoms with Crippen molar-refractivity contribution in [2.45, 2.75) is 0 Å². The van der Waals surface area contributed by atoms with E-state index in [0.717, 1.165) is 0 Å². The molecule has 440 valence electrons. The summed E-state index contributed by atoms with van der Waals surface area (Å²) in [7, 11) is 0. The first kappa shape index (κ1) is 54.7. The summed E-state index contributed by atoms with van der Waals surface area (Å²) in [4.78, 5) is 0. The van der Waals surface area contributed by atoms with Gasteiger partial charge in [-0.05, 0) is 134 Å². The molecule has 0 aliphatic rings. The van der Waals surface area contributed by atoms with Gasteiger partial charge in [-0.25, -0.2) is 0 Å². The van der Waals surface area contributed by atoms with E-state index >= 15 is 0 Å². The average molecular weight is 1270 g/mol. The number of para-hydroxylation sites is 4. The van der Waals surface area contributed by atoms with E-state index in [4.69, 9.17) is 0 Å². The molecule has 2 nitrogen and oxygen atoms in total. The van der Waals surface area contributed by atoms with Crippen LogP contribution in [-0.2, 0) is 0 Å². The molecule has 0 atom stereocenters. The highest BCUT2D eigenvalue weighted by molar-refractivity contribution is 7.28. The Bertz CT molecular complexity index is 6300. The number of fused-ring (bicyclic) bond motifs is 16. The van der Waals surface area contributed by atoms with Gasteiger partial charge in [-0.1, -0.05) is 255 Å². The average Bonchev–Trinajstić information content (AvgIpc) is 1.58. The fraction of sp³-hybridized carbons (Fsp3) is 0. The molecule has 0 amide bonds. The fourth-order valence-electron chi connectivity index (χ4n) is 14.4. The van der Waals surface area contributed by atoms with Gasteiger partial charge in [0.15, 0.2) is 0 Å². The quantitative estimate of drug-likeness (QED) is 0.143. The van der Waals surface area contributed by atoms with Crippen molar-refractivity contribution < 1.29 is 0 Å². The SMILES string of the molecule is c1ccc(-c2cc(-c3ccc(-c4ccc5c(c4)sc4c6ccccc6n(-c6ccccc6)c54)cc3)c3sc4ccccc4c3c2)cc1.c1ccc(-c2cccc3c2sc2cccc(-c4ccc(-c5ccc6c(c5)sc5c7ccccc7n(-c7ccccc7)c65)cc4)c23)cc1. The highest BCUT2D eigenvalue weighted by Crippen LogP contribution is 2.49. The maximum absolute atomic E-state index is 2.43. The van der Waals surface area contributed by atoms with Gasteiger partial charge in [-0.3, -0.25) is 0 Å². The number of hydrogen-bond donors (Lipinski definition) is 0. The lowest BCUT2D eigenvalue weighted by atomic mass is 9.95. The lowest BCUT2D eigenvalue weighted by Gasteiger charge is -2.10. The van der Waals surface area contributed by atoms with Crippen molar-refractivity contribution in [1.82, 2.24) is 9.13 Å². The first-order valence-corrected chi connectivity index (χ1v) is 35.1. The van der Waals surface area contributed by atoms with Crippen molar-refractivity contribution in [3.05, 3.63) is 328 Å². The van der Waals surface area contributed by atoms with Crippen LogP contribution in [0.4, 0.5) is 0 Å². The molecule has 0 unspecified atom stereocenters. The summed E-state index contributed by atoms with van der Waals surface area (Å²) in [6.45, 7) is 0. The number of rotatable bonds is 8. The summed E-state index contributed by atoms with van der Waals surface area (Å²) >= 11 is 7.58. The molecule has 0 saturated carbocycles. The maximum atomic E-state index is 2.43. The number of hydrogen-bond acceptors (Lipinski definition) is 4. The van der Waals surface area contributed by atoms with Crippen LogP contribution in [0.5, 0.6) is 0 Å². The molecular formula is C88H54N2S4. The first-order valence-electron chi connectivity index (χ1n) is 31.9. The first-order chi connectivity index (χ1) is 46.6. The van der Waals surface area contributed by atoms with Gasteiger partial charge >= 0.3 is 0 Å². The molecule has 20 aromatic rings. The molecule has 6 heteroatoms. The van der Waals surface area contributed by atoms with Gasteiger partial charge in [0, 0.05) is 88.2 Å². The summed E-state index contributed by atoms with van der Waals surface area (Å²) < 4.78 is 15.5. The van der Waals surface area contributed by atoms with Crippen LogP contribution in [0.2, 0.25) is 0 Å². The third-order valence-electron chi connectivity index (χ3n) is 18.8. The molecule has 0 radical (unpaired) electrons. The summed E-state index contributed by atoms with van der Waals surface area (Å²) in [5.41, 5.74) is 22.6. The maximum Gasteiger partial charge on any atom is 0.0727 e. The Morgan fingerprint density at radius 1 is 0.191 bits per heavy atom. The minimum Gasteiger partial charge on any atom is -0.308 e. The summed E-state index contributed by atoms with van der Waals surface area (Å²) in [5, 5.41) is 10.5. The Balaban J connectivity index is 0.000000133. The normalized spacial score (nSPS) is 11.8. The molecule has 0 saturated heterocycles. The molecule has 0 N–H and O–H groups in total. The van der Waals surface area contributed by atoms with Gasteiger partial charge in [0.2, 0.25) is 0 Å².